The molecule has 0 aromatic heterocycles. The molecule has 0 aliphatic carbocycles. The summed E-state index contributed by atoms with van der Waals surface area (Å²) >= 11 is 0. The topological polar surface area (TPSA) is 84.8 Å². The third kappa shape index (κ3) is 3.07. The molecule has 1 aliphatic heterocycles. The van der Waals surface area contributed by atoms with Crippen molar-refractivity contribution in [1.29, 1.82) is 0 Å². The zero-order chi connectivity index (χ0) is 13.0. The highest BCUT2D eigenvalue weighted by atomic mass is 16.3. The molecule has 0 spiro atoms. The highest BCUT2D eigenvalue weighted by Crippen LogP contribution is 2.13. The van der Waals surface area contributed by atoms with Gasteiger partial charge in [0.1, 0.15) is 0 Å². The van der Waals surface area contributed by atoms with Crippen LogP contribution in [0.3, 0.4) is 0 Å². The maximum atomic E-state index is 9.79. The molecule has 4 atom stereocenters. The molecule has 1 aliphatic rings. The lowest BCUT2D eigenvalue weighted by molar-refractivity contribution is 0.0197. The first kappa shape index (κ1) is 13.5. The predicted molar refractivity (Wildman–Crippen MR) is 68.0 cm³/mol. The molecule has 5 nitrogen and oxygen atoms in total. The van der Waals surface area contributed by atoms with Gasteiger partial charge in [0.25, 0.3) is 0 Å². The number of aliphatic hydroxyl groups excluding tert-OH is 3. The molecule has 1 fully saturated rings. The van der Waals surface area contributed by atoms with E-state index in [9.17, 15) is 10.2 Å². The van der Waals surface area contributed by atoms with Crippen molar-refractivity contribution < 1.29 is 15.3 Å². The fraction of sp³-hybridized carbons (Fsp3) is 0.538. The van der Waals surface area contributed by atoms with Gasteiger partial charge >= 0.3 is 0 Å². The smallest absolute Gasteiger partial charge is 0.0989 e. The Kier molecular flexibility index (Phi) is 4.68. The van der Waals surface area contributed by atoms with Gasteiger partial charge in [0.2, 0.25) is 0 Å². The Labute approximate surface area is 106 Å². The van der Waals surface area contributed by atoms with Gasteiger partial charge in [-0.1, -0.05) is 30.3 Å². The van der Waals surface area contributed by atoms with E-state index in [-0.39, 0.29) is 12.6 Å². The Bertz CT molecular complexity index is 361. The van der Waals surface area contributed by atoms with Crippen molar-refractivity contribution in [3.63, 3.8) is 0 Å². The third-order valence-corrected chi connectivity index (χ3v) is 3.34. The van der Waals surface area contributed by atoms with E-state index >= 15 is 0 Å². The monoisotopic (exact) mass is 252 g/mol. The number of rotatable bonds is 5. The second kappa shape index (κ2) is 6.26. The standard InChI is InChI=1S/C13H20N2O3/c16-8-11-13(18)12(17)10(15-11)7-14-6-9-4-2-1-3-5-9/h1-5,10-18H,6-8H2/t10-,11+,12-,13+/m1/s1. The molecule has 1 aromatic rings. The first-order chi connectivity index (χ1) is 8.72. The van der Waals surface area contributed by atoms with Crippen LogP contribution in [0.4, 0.5) is 0 Å². The average Bonchev–Trinajstić information content (AvgIpc) is 2.68. The number of hydrogen-bond acceptors (Lipinski definition) is 5. The van der Waals surface area contributed by atoms with Gasteiger partial charge in [-0.2, -0.15) is 0 Å². The molecule has 1 heterocycles. The summed E-state index contributed by atoms with van der Waals surface area (Å²) in [6.45, 7) is 1.09. The molecule has 0 unspecified atom stereocenters. The fourth-order valence-corrected chi connectivity index (χ4v) is 2.26. The minimum Gasteiger partial charge on any atom is -0.395 e. The minimum absolute atomic E-state index is 0.173. The SMILES string of the molecule is OC[C@@H]1N[C@H](CNCc2ccccc2)[C@@H](O)[C@H]1O. The summed E-state index contributed by atoms with van der Waals surface area (Å²) in [6.07, 6.45) is -1.75. The Morgan fingerprint density at radius 1 is 1.06 bits per heavy atom. The Balaban J connectivity index is 1.77. The van der Waals surface area contributed by atoms with E-state index < -0.39 is 18.2 Å². The predicted octanol–water partition coefficient (Wildman–Crippen LogP) is -1.17. The summed E-state index contributed by atoms with van der Waals surface area (Å²) in [5.74, 6) is 0. The zero-order valence-corrected chi connectivity index (χ0v) is 10.2. The van der Waals surface area contributed by atoms with Crippen LogP contribution in [0.15, 0.2) is 30.3 Å². The van der Waals surface area contributed by atoms with Gasteiger partial charge in [-0.05, 0) is 5.56 Å². The van der Waals surface area contributed by atoms with Crippen LogP contribution >= 0.6 is 0 Å². The average molecular weight is 252 g/mol. The van der Waals surface area contributed by atoms with Crippen LogP contribution in [0.2, 0.25) is 0 Å². The van der Waals surface area contributed by atoms with Gasteiger partial charge in [-0.3, -0.25) is 0 Å². The molecule has 1 aromatic carbocycles. The maximum Gasteiger partial charge on any atom is 0.0989 e. The van der Waals surface area contributed by atoms with E-state index in [1.165, 1.54) is 5.56 Å². The Morgan fingerprint density at radius 3 is 2.33 bits per heavy atom. The lowest BCUT2D eigenvalue weighted by atomic mass is 10.1. The minimum atomic E-state index is -0.904. The number of benzene rings is 1. The molecule has 100 valence electrons. The molecule has 0 amide bonds. The summed E-state index contributed by atoms with van der Waals surface area (Å²) in [4.78, 5) is 0. The van der Waals surface area contributed by atoms with Crippen LogP contribution in [0.25, 0.3) is 0 Å². The molecule has 18 heavy (non-hydrogen) atoms. The van der Waals surface area contributed by atoms with Gasteiger partial charge in [-0.15, -0.1) is 0 Å². The molecule has 0 bridgehead atoms. The second-order valence-electron chi connectivity index (χ2n) is 4.66. The summed E-state index contributed by atoms with van der Waals surface area (Å²) in [7, 11) is 0. The van der Waals surface area contributed by atoms with Crippen LogP contribution in [0.5, 0.6) is 0 Å². The van der Waals surface area contributed by atoms with Crippen molar-refractivity contribution in [2.75, 3.05) is 13.2 Å². The first-order valence-electron chi connectivity index (χ1n) is 6.20. The first-order valence-corrected chi connectivity index (χ1v) is 6.20. The highest BCUT2D eigenvalue weighted by molar-refractivity contribution is 5.14. The van der Waals surface area contributed by atoms with E-state index in [4.69, 9.17) is 5.11 Å². The van der Waals surface area contributed by atoms with E-state index in [0.717, 1.165) is 0 Å². The molecule has 0 saturated carbocycles. The fourth-order valence-electron chi connectivity index (χ4n) is 2.26. The van der Waals surface area contributed by atoms with E-state index in [0.29, 0.717) is 13.1 Å². The Hall–Kier alpha value is -0.980. The number of hydrogen-bond donors (Lipinski definition) is 5. The van der Waals surface area contributed by atoms with Crippen molar-refractivity contribution in [3.05, 3.63) is 35.9 Å². The number of aliphatic hydroxyl groups is 3. The third-order valence-electron chi connectivity index (χ3n) is 3.34. The van der Waals surface area contributed by atoms with Crippen LogP contribution in [0, 0.1) is 0 Å². The maximum absolute atomic E-state index is 9.79. The van der Waals surface area contributed by atoms with Gasteiger partial charge in [0.15, 0.2) is 0 Å². The van der Waals surface area contributed by atoms with Crippen molar-refractivity contribution >= 4 is 0 Å². The highest BCUT2D eigenvalue weighted by Gasteiger charge is 2.39. The lowest BCUT2D eigenvalue weighted by Gasteiger charge is -2.16. The van der Waals surface area contributed by atoms with Gasteiger partial charge in [0, 0.05) is 19.1 Å². The second-order valence-corrected chi connectivity index (χ2v) is 4.66. The number of nitrogens with one attached hydrogen (secondary N) is 2. The molecule has 2 rings (SSSR count). The molecule has 5 N–H and O–H groups in total. The van der Waals surface area contributed by atoms with Gasteiger partial charge in [-0.25, -0.2) is 0 Å². The van der Waals surface area contributed by atoms with Crippen molar-refractivity contribution in [2.24, 2.45) is 0 Å². The summed E-state index contributed by atoms with van der Waals surface area (Å²) in [5.41, 5.74) is 1.17. The van der Waals surface area contributed by atoms with Crippen LogP contribution in [0.1, 0.15) is 5.56 Å². The van der Waals surface area contributed by atoms with Crippen molar-refractivity contribution in [1.82, 2.24) is 10.6 Å². The molecular weight excluding hydrogens is 232 g/mol. The summed E-state index contributed by atoms with van der Waals surface area (Å²) in [5, 5.41) is 34.7. The largest absolute Gasteiger partial charge is 0.395 e. The molecule has 0 radical (unpaired) electrons. The van der Waals surface area contributed by atoms with Crippen molar-refractivity contribution in [2.45, 2.75) is 30.8 Å². The van der Waals surface area contributed by atoms with Gasteiger partial charge < -0.3 is 26.0 Å². The van der Waals surface area contributed by atoms with E-state index in [1.54, 1.807) is 0 Å². The molecule has 5 heteroatoms. The summed E-state index contributed by atoms with van der Waals surface area (Å²) < 4.78 is 0. The van der Waals surface area contributed by atoms with E-state index in [2.05, 4.69) is 10.6 Å². The van der Waals surface area contributed by atoms with Crippen molar-refractivity contribution in [3.8, 4) is 0 Å². The van der Waals surface area contributed by atoms with Crippen LogP contribution < -0.4 is 10.6 Å². The normalized spacial score (nSPS) is 31.7. The summed E-state index contributed by atoms with van der Waals surface area (Å²) in [6, 6.07) is 9.29. The Morgan fingerprint density at radius 2 is 1.72 bits per heavy atom. The van der Waals surface area contributed by atoms with Crippen LogP contribution in [-0.4, -0.2) is 52.8 Å². The van der Waals surface area contributed by atoms with E-state index in [1.807, 2.05) is 30.3 Å². The van der Waals surface area contributed by atoms with Gasteiger partial charge in [0.05, 0.1) is 24.9 Å². The molecular formula is C13H20N2O3. The quantitative estimate of drug-likeness (QED) is 0.456. The van der Waals surface area contributed by atoms with Crippen LogP contribution in [-0.2, 0) is 6.54 Å². The zero-order valence-electron chi connectivity index (χ0n) is 10.2. The lowest BCUT2D eigenvalue weighted by Crippen LogP contribution is -2.42. The molecule has 1 saturated heterocycles.